The summed E-state index contributed by atoms with van der Waals surface area (Å²) in [6, 6.07) is 14.4. The number of esters is 1. The highest BCUT2D eigenvalue weighted by Gasteiger charge is 2.18. The van der Waals surface area contributed by atoms with E-state index in [1.54, 1.807) is 23.6 Å². The molecule has 1 amide bonds. The Kier molecular flexibility index (Phi) is 7.37. The van der Waals surface area contributed by atoms with Crippen LogP contribution in [0.3, 0.4) is 0 Å². The van der Waals surface area contributed by atoms with Crippen LogP contribution in [-0.2, 0) is 14.3 Å². The van der Waals surface area contributed by atoms with Gasteiger partial charge < -0.3 is 10.1 Å². The molecule has 25 heavy (non-hydrogen) atoms. The molecule has 0 unspecified atom stereocenters. The summed E-state index contributed by atoms with van der Waals surface area (Å²) in [5.74, 6) is -1.14. The van der Waals surface area contributed by atoms with Crippen molar-refractivity contribution < 1.29 is 14.3 Å². The lowest BCUT2D eigenvalue weighted by Crippen LogP contribution is -2.29. The molecule has 2 rings (SSSR count). The van der Waals surface area contributed by atoms with Crippen LogP contribution in [0.5, 0.6) is 0 Å². The van der Waals surface area contributed by atoms with Crippen molar-refractivity contribution >= 4 is 52.5 Å². The molecule has 0 aromatic heterocycles. The molecule has 0 heterocycles. The fourth-order valence-corrected chi connectivity index (χ4v) is 2.92. The Morgan fingerprint density at radius 1 is 1.08 bits per heavy atom. The molecule has 0 aliphatic carbocycles. The Morgan fingerprint density at radius 2 is 1.72 bits per heavy atom. The molecule has 7 heteroatoms. The second-order valence-electron chi connectivity index (χ2n) is 4.90. The van der Waals surface area contributed by atoms with Crippen LogP contribution in [-0.4, -0.2) is 18.0 Å². The second kappa shape index (κ2) is 9.51. The summed E-state index contributed by atoms with van der Waals surface area (Å²) in [5.41, 5.74) is 0.286. The van der Waals surface area contributed by atoms with E-state index in [1.807, 2.05) is 30.3 Å². The van der Waals surface area contributed by atoms with Crippen molar-refractivity contribution in [1.29, 1.82) is 0 Å². The van der Waals surface area contributed by atoms with Crippen molar-refractivity contribution in [2.45, 2.75) is 17.9 Å². The number of carbonyl (C=O) groups is 2. The van der Waals surface area contributed by atoms with Gasteiger partial charge in [-0.1, -0.05) is 59.2 Å². The molecular formula is C18H15Cl2NO3S. The van der Waals surface area contributed by atoms with Crippen LogP contribution in [0.1, 0.15) is 6.92 Å². The zero-order valence-electron chi connectivity index (χ0n) is 13.2. The number of hydrogen-bond acceptors (Lipinski definition) is 4. The largest absolute Gasteiger partial charge is 0.449 e. The number of hydrogen-bond donors (Lipinski definition) is 1. The predicted octanol–water partition coefficient (Wildman–Crippen LogP) is 5.17. The van der Waals surface area contributed by atoms with Crippen LogP contribution in [0.4, 0.5) is 5.69 Å². The van der Waals surface area contributed by atoms with Crippen LogP contribution < -0.4 is 5.32 Å². The highest BCUT2D eigenvalue weighted by atomic mass is 35.5. The number of carbonyl (C=O) groups excluding carboxylic acids is 2. The topological polar surface area (TPSA) is 55.4 Å². The van der Waals surface area contributed by atoms with Gasteiger partial charge in [-0.25, -0.2) is 4.79 Å². The van der Waals surface area contributed by atoms with E-state index in [4.69, 9.17) is 27.9 Å². The Hall–Kier alpha value is -1.95. The van der Waals surface area contributed by atoms with Crippen LogP contribution in [0.25, 0.3) is 0 Å². The first-order valence-corrected chi connectivity index (χ1v) is 8.94. The lowest BCUT2D eigenvalue weighted by molar-refractivity contribution is -0.148. The molecule has 0 aliphatic heterocycles. The molecule has 2 aromatic carbocycles. The molecule has 0 radical (unpaired) electrons. The zero-order valence-corrected chi connectivity index (χ0v) is 15.6. The smallest absolute Gasteiger partial charge is 0.332 e. The predicted molar refractivity (Wildman–Crippen MR) is 102 cm³/mol. The average molecular weight is 396 g/mol. The molecule has 2 aromatic rings. The van der Waals surface area contributed by atoms with Crippen molar-refractivity contribution in [3.63, 3.8) is 0 Å². The SMILES string of the molecule is C[C@H](OC(=O)/C=C/Sc1ccccc1)C(=O)Nc1c(Cl)cccc1Cl. The number of nitrogens with one attached hydrogen (secondary N) is 1. The maximum Gasteiger partial charge on any atom is 0.332 e. The molecule has 4 nitrogen and oxygen atoms in total. The average Bonchev–Trinajstić information content (AvgIpc) is 2.59. The van der Waals surface area contributed by atoms with E-state index >= 15 is 0 Å². The molecule has 0 bridgehead atoms. The van der Waals surface area contributed by atoms with Crippen molar-refractivity contribution in [2.75, 3.05) is 5.32 Å². The van der Waals surface area contributed by atoms with Crippen molar-refractivity contribution in [3.8, 4) is 0 Å². The van der Waals surface area contributed by atoms with Crippen molar-refractivity contribution in [2.24, 2.45) is 0 Å². The Bertz CT molecular complexity index is 761. The van der Waals surface area contributed by atoms with Gasteiger partial charge in [-0.05, 0) is 36.6 Å². The van der Waals surface area contributed by atoms with Crippen molar-refractivity contribution in [3.05, 3.63) is 70.1 Å². The molecule has 130 valence electrons. The van der Waals surface area contributed by atoms with Crippen LogP contribution in [0.2, 0.25) is 10.0 Å². The quantitative estimate of drug-likeness (QED) is 0.416. The highest BCUT2D eigenvalue weighted by Crippen LogP contribution is 2.29. The lowest BCUT2D eigenvalue weighted by atomic mass is 10.3. The summed E-state index contributed by atoms with van der Waals surface area (Å²) >= 11 is 13.4. The normalized spacial score (nSPS) is 12.0. The van der Waals surface area contributed by atoms with E-state index in [0.29, 0.717) is 10.0 Å². The molecule has 0 aliphatic rings. The van der Waals surface area contributed by atoms with Gasteiger partial charge in [-0.2, -0.15) is 0 Å². The second-order valence-corrected chi connectivity index (χ2v) is 6.69. The van der Waals surface area contributed by atoms with E-state index in [1.165, 1.54) is 24.8 Å². The first-order chi connectivity index (χ1) is 12.0. The van der Waals surface area contributed by atoms with E-state index in [2.05, 4.69) is 5.32 Å². The number of anilines is 1. The third-order valence-corrected chi connectivity index (χ3v) is 4.47. The third-order valence-electron chi connectivity index (χ3n) is 3.02. The minimum atomic E-state index is -0.994. The molecule has 0 fully saturated rings. The van der Waals surface area contributed by atoms with Gasteiger partial charge in [0, 0.05) is 11.0 Å². The van der Waals surface area contributed by atoms with E-state index in [9.17, 15) is 9.59 Å². The van der Waals surface area contributed by atoms with Gasteiger partial charge in [0.1, 0.15) is 0 Å². The lowest BCUT2D eigenvalue weighted by Gasteiger charge is -2.14. The van der Waals surface area contributed by atoms with Crippen LogP contribution in [0.15, 0.2) is 64.9 Å². The number of thioether (sulfide) groups is 1. The summed E-state index contributed by atoms with van der Waals surface area (Å²) in [5, 5.41) is 4.77. The molecule has 0 saturated carbocycles. The van der Waals surface area contributed by atoms with Crippen LogP contribution in [0, 0.1) is 0 Å². The number of rotatable bonds is 6. The highest BCUT2D eigenvalue weighted by molar-refractivity contribution is 8.02. The van der Waals surface area contributed by atoms with E-state index in [0.717, 1.165) is 4.90 Å². The first kappa shape index (κ1) is 19.4. The van der Waals surface area contributed by atoms with Crippen LogP contribution >= 0.6 is 35.0 Å². The minimum absolute atomic E-state index is 0.286. The van der Waals surface area contributed by atoms with Gasteiger partial charge >= 0.3 is 5.97 Å². The fraction of sp³-hybridized carbons (Fsp3) is 0.111. The summed E-state index contributed by atoms with van der Waals surface area (Å²) < 4.78 is 5.06. The van der Waals surface area contributed by atoms with Gasteiger partial charge in [0.25, 0.3) is 5.91 Å². The molecule has 0 spiro atoms. The van der Waals surface area contributed by atoms with E-state index < -0.39 is 18.0 Å². The maximum absolute atomic E-state index is 12.1. The number of para-hydroxylation sites is 1. The molecule has 0 saturated heterocycles. The number of ether oxygens (including phenoxy) is 1. The van der Waals surface area contributed by atoms with Crippen molar-refractivity contribution in [1.82, 2.24) is 0 Å². The summed E-state index contributed by atoms with van der Waals surface area (Å²) in [6.45, 7) is 1.47. The molecule has 1 N–H and O–H groups in total. The zero-order chi connectivity index (χ0) is 18.2. The summed E-state index contributed by atoms with van der Waals surface area (Å²) in [6.07, 6.45) is 0.274. The summed E-state index contributed by atoms with van der Waals surface area (Å²) in [7, 11) is 0. The summed E-state index contributed by atoms with van der Waals surface area (Å²) in [4.78, 5) is 24.9. The first-order valence-electron chi connectivity index (χ1n) is 7.31. The van der Waals surface area contributed by atoms with Gasteiger partial charge in [-0.3, -0.25) is 4.79 Å². The van der Waals surface area contributed by atoms with Gasteiger partial charge in [-0.15, -0.1) is 0 Å². The van der Waals surface area contributed by atoms with Gasteiger partial charge in [0.15, 0.2) is 6.10 Å². The monoisotopic (exact) mass is 395 g/mol. The number of amides is 1. The minimum Gasteiger partial charge on any atom is -0.449 e. The Labute approximate surface area is 160 Å². The number of halogens is 2. The Balaban J connectivity index is 1.87. The standard InChI is InChI=1S/C18H15Cl2NO3S/c1-12(18(23)21-17-14(19)8-5-9-15(17)20)24-16(22)10-11-25-13-6-3-2-4-7-13/h2-12H,1H3,(H,21,23)/b11-10+/t12-/m0/s1. The third kappa shape index (κ3) is 6.12. The van der Waals surface area contributed by atoms with Gasteiger partial charge in [0.2, 0.25) is 0 Å². The Morgan fingerprint density at radius 3 is 2.36 bits per heavy atom. The number of benzene rings is 2. The fourth-order valence-electron chi connectivity index (χ4n) is 1.78. The maximum atomic E-state index is 12.1. The molecule has 1 atom stereocenters. The van der Waals surface area contributed by atoms with Gasteiger partial charge in [0.05, 0.1) is 15.7 Å². The van der Waals surface area contributed by atoms with E-state index in [-0.39, 0.29) is 5.69 Å². The molecular weight excluding hydrogens is 381 g/mol.